The number of aromatic nitrogens is 2. The molecule has 3 heterocycles. The van der Waals surface area contributed by atoms with Gasteiger partial charge in [0.1, 0.15) is 5.03 Å². The van der Waals surface area contributed by atoms with Crippen LogP contribution in [0.15, 0.2) is 71.0 Å². The number of pyridine rings is 1. The van der Waals surface area contributed by atoms with Crippen LogP contribution in [-0.2, 0) is 7.05 Å². The fraction of sp³-hybridized carbons (Fsp3) is 0.286. The predicted octanol–water partition coefficient (Wildman–Crippen LogP) is 5.23. The van der Waals surface area contributed by atoms with Gasteiger partial charge in [-0.25, -0.2) is 4.98 Å². The number of hydrogen-bond donors (Lipinski definition) is 0. The standard InChI is InChI=1S/C21H23N3S/c1-23-13-10-18(16-23)25-21-14-19(17-8-4-2-5-9-17)20(15-22-21)24-11-6-3-7-12-24/h2,4-5,8-10,13-16H,3,6-7,11-12H2,1H3. The zero-order valence-electron chi connectivity index (χ0n) is 14.6. The molecule has 128 valence electrons. The average molecular weight is 350 g/mol. The Bertz CT molecular complexity index is 835. The lowest BCUT2D eigenvalue weighted by atomic mass is 10.0. The zero-order chi connectivity index (χ0) is 17.1. The van der Waals surface area contributed by atoms with Crippen molar-refractivity contribution in [2.75, 3.05) is 18.0 Å². The van der Waals surface area contributed by atoms with Gasteiger partial charge in [-0.15, -0.1) is 0 Å². The molecule has 0 aliphatic carbocycles. The van der Waals surface area contributed by atoms with Crippen LogP contribution >= 0.6 is 11.8 Å². The third kappa shape index (κ3) is 3.74. The van der Waals surface area contributed by atoms with Crippen LogP contribution in [0.3, 0.4) is 0 Å². The van der Waals surface area contributed by atoms with E-state index in [9.17, 15) is 0 Å². The molecule has 1 aliphatic rings. The highest BCUT2D eigenvalue weighted by Crippen LogP contribution is 2.36. The largest absolute Gasteiger partial charge is 0.370 e. The Hall–Kier alpha value is -2.20. The van der Waals surface area contributed by atoms with Crippen molar-refractivity contribution >= 4 is 17.4 Å². The second-order valence-electron chi connectivity index (χ2n) is 6.57. The van der Waals surface area contributed by atoms with Gasteiger partial charge in [-0.1, -0.05) is 42.1 Å². The van der Waals surface area contributed by atoms with E-state index in [1.165, 1.54) is 41.0 Å². The molecule has 1 saturated heterocycles. The van der Waals surface area contributed by atoms with Gasteiger partial charge in [-0.3, -0.25) is 0 Å². The summed E-state index contributed by atoms with van der Waals surface area (Å²) in [7, 11) is 2.05. The molecule has 3 aromatic rings. The van der Waals surface area contributed by atoms with Crippen LogP contribution in [0.2, 0.25) is 0 Å². The van der Waals surface area contributed by atoms with Crippen molar-refractivity contribution in [3.05, 3.63) is 61.1 Å². The van der Waals surface area contributed by atoms with Crippen molar-refractivity contribution in [1.29, 1.82) is 0 Å². The summed E-state index contributed by atoms with van der Waals surface area (Å²) in [5.41, 5.74) is 3.82. The Morgan fingerprint density at radius 3 is 2.52 bits per heavy atom. The second-order valence-corrected chi connectivity index (χ2v) is 7.66. The minimum atomic E-state index is 1.05. The van der Waals surface area contributed by atoms with Crippen molar-refractivity contribution < 1.29 is 0 Å². The summed E-state index contributed by atoms with van der Waals surface area (Å²) in [6.07, 6.45) is 10.2. The van der Waals surface area contributed by atoms with E-state index in [-0.39, 0.29) is 0 Å². The lowest BCUT2D eigenvalue weighted by molar-refractivity contribution is 0.577. The molecule has 0 bridgehead atoms. The summed E-state index contributed by atoms with van der Waals surface area (Å²) in [5.74, 6) is 0. The third-order valence-corrected chi connectivity index (χ3v) is 5.58. The lowest BCUT2D eigenvalue weighted by Gasteiger charge is -2.30. The van der Waals surface area contributed by atoms with Crippen molar-refractivity contribution in [3.63, 3.8) is 0 Å². The highest BCUT2D eigenvalue weighted by molar-refractivity contribution is 7.99. The van der Waals surface area contributed by atoms with E-state index in [0.29, 0.717) is 0 Å². The van der Waals surface area contributed by atoms with Crippen molar-refractivity contribution in [1.82, 2.24) is 9.55 Å². The Labute approximate surface area is 153 Å². The van der Waals surface area contributed by atoms with Gasteiger partial charge in [-0.2, -0.15) is 0 Å². The first kappa shape index (κ1) is 16.3. The molecule has 4 heteroatoms. The maximum Gasteiger partial charge on any atom is 0.102 e. The van der Waals surface area contributed by atoms with Gasteiger partial charge in [0.2, 0.25) is 0 Å². The molecule has 0 unspecified atom stereocenters. The molecule has 2 aromatic heterocycles. The van der Waals surface area contributed by atoms with E-state index < -0.39 is 0 Å². The van der Waals surface area contributed by atoms with E-state index in [0.717, 1.165) is 18.1 Å². The van der Waals surface area contributed by atoms with Gasteiger partial charge in [0, 0.05) is 43.0 Å². The van der Waals surface area contributed by atoms with Gasteiger partial charge in [0.25, 0.3) is 0 Å². The number of nitrogens with zero attached hydrogens (tertiary/aromatic N) is 3. The normalized spacial score (nSPS) is 14.7. The van der Waals surface area contributed by atoms with Crippen LogP contribution < -0.4 is 4.90 Å². The van der Waals surface area contributed by atoms with Gasteiger partial charge >= 0.3 is 0 Å². The van der Waals surface area contributed by atoms with E-state index in [1.807, 2.05) is 7.05 Å². The Balaban J connectivity index is 1.71. The minimum absolute atomic E-state index is 1.05. The van der Waals surface area contributed by atoms with Crippen LogP contribution in [-0.4, -0.2) is 22.6 Å². The number of aryl methyl sites for hydroxylation is 1. The topological polar surface area (TPSA) is 21.1 Å². The van der Waals surface area contributed by atoms with Crippen LogP contribution in [0.1, 0.15) is 19.3 Å². The summed E-state index contributed by atoms with van der Waals surface area (Å²) in [6.45, 7) is 2.26. The first-order valence-corrected chi connectivity index (χ1v) is 9.71. The molecule has 0 spiro atoms. The van der Waals surface area contributed by atoms with E-state index >= 15 is 0 Å². The maximum absolute atomic E-state index is 4.76. The summed E-state index contributed by atoms with van der Waals surface area (Å²) in [4.78, 5) is 8.47. The Morgan fingerprint density at radius 2 is 1.80 bits per heavy atom. The Morgan fingerprint density at radius 1 is 1.00 bits per heavy atom. The fourth-order valence-corrected chi connectivity index (χ4v) is 4.25. The summed E-state index contributed by atoms with van der Waals surface area (Å²) in [6, 6.07) is 15.1. The molecule has 0 radical (unpaired) electrons. The highest BCUT2D eigenvalue weighted by atomic mass is 32.2. The molecule has 25 heavy (non-hydrogen) atoms. The van der Waals surface area contributed by atoms with Gasteiger partial charge in [0.15, 0.2) is 0 Å². The van der Waals surface area contributed by atoms with Crippen LogP contribution in [0.4, 0.5) is 5.69 Å². The number of benzene rings is 1. The number of hydrogen-bond acceptors (Lipinski definition) is 3. The number of anilines is 1. The first-order chi connectivity index (χ1) is 12.3. The summed E-state index contributed by atoms with van der Waals surface area (Å²) >= 11 is 1.72. The SMILES string of the molecule is Cn1ccc(Sc2cc(-c3ccccc3)c(N3CCCCC3)cn2)c1. The first-order valence-electron chi connectivity index (χ1n) is 8.90. The molecule has 3 nitrogen and oxygen atoms in total. The monoisotopic (exact) mass is 349 g/mol. The van der Waals surface area contributed by atoms with E-state index in [2.05, 4.69) is 70.5 Å². The summed E-state index contributed by atoms with van der Waals surface area (Å²) < 4.78 is 2.07. The van der Waals surface area contributed by atoms with Crippen LogP contribution in [0.5, 0.6) is 0 Å². The van der Waals surface area contributed by atoms with Gasteiger partial charge in [0.05, 0.1) is 11.9 Å². The number of piperidine rings is 1. The van der Waals surface area contributed by atoms with Crippen molar-refractivity contribution in [2.45, 2.75) is 29.2 Å². The predicted molar refractivity (Wildman–Crippen MR) is 105 cm³/mol. The molecular formula is C21H23N3S. The quantitative estimate of drug-likeness (QED) is 0.643. The number of rotatable bonds is 4. The Kier molecular flexibility index (Phi) is 4.79. The molecule has 0 atom stereocenters. The third-order valence-electron chi connectivity index (χ3n) is 4.67. The van der Waals surface area contributed by atoms with Crippen molar-refractivity contribution in [3.8, 4) is 11.1 Å². The zero-order valence-corrected chi connectivity index (χ0v) is 15.4. The second kappa shape index (κ2) is 7.36. The summed E-state index contributed by atoms with van der Waals surface area (Å²) in [5, 5.41) is 1.05. The molecule has 0 amide bonds. The molecule has 1 aromatic carbocycles. The fourth-order valence-electron chi connectivity index (χ4n) is 3.38. The van der Waals surface area contributed by atoms with Crippen molar-refractivity contribution in [2.24, 2.45) is 7.05 Å². The van der Waals surface area contributed by atoms with Crippen LogP contribution in [0, 0.1) is 0 Å². The molecule has 4 rings (SSSR count). The van der Waals surface area contributed by atoms with Gasteiger partial charge < -0.3 is 9.47 Å². The molecule has 0 N–H and O–H groups in total. The molecule has 1 fully saturated rings. The lowest BCUT2D eigenvalue weighted by Crippen LogP contribution is -2.29. The highest BCUT2D eigenvalue weighted by Gasteiger charge is 2.17. The minimum Gasteiger partial charge on any atom is -0.370 e. The average Bonchev–Trinajstić information content (AvgIpc) is 3.08. The molecule has 0 saturated carbocycles. The van der Waals surface area contributed by atoms with E-state index in [1.54, 1.807) is 11.8 Å². The maximum atomic E-state index is 4.76. The van der Waals surface area contributed by atoms with E-state index in [4.69, 9.17) is 4.98 Å². The smallest absolute Gasteiger partial charge is 0.102 e. The van der Waals surface area contributed by atoms with Gasteiger partial charge in [-0.05, 0) is 37.0 Å². The van der Waals surface area contributed by atoms with Crippen LogP contribution in [0.25, 0.3) is 11.1 Å². The molecular weight excluding hydrogens is 326 g/mol. The molecule has 1 aliphatic heterocycles.